The van der Waals surface area contributed by atoms with Gasteiger partial charge in [-0.1, -0.05) is 23.7 Å². The summed E-state index contributed by atoms with van der Waals surface area (Å²) in [4.78, 5) is 17.1. The van der Waals surface area contributed by atoms with Crippen LogP contribution in [-0.4, -0.2) is 46.5 Å². The molecule has 2 heterocycles. The number of hydrogen-bond acceptors (Lipinski definition) is 2. The van der Waals surface area contributed by atoms with E-state index in [1.54, 1.807) is 0 Å². The molecule has 0 aliphatic carbocycles. The molecule has 0 N–H and O–H groups in total. The van der Waals surface area contributed by atoms with Gasteiger partial charge in [0.25, 0.3) is 5.91 Å². The zero-order valence-corrected chi connectivity index (χ0v) is 15.8. The highest BCUT2D eigenvalue weighted by molar-refractivity contribution is 6.30. The van der Waals surface area contributed by atoms with Gasteiger partial charge in [-0.15, -0.1) is 0 Å². The van der Waals surface area contributed by atoms with Crippen LogP contribution in [0.1, 0.15) is 15.9 Å². The van der Waals surface area contributed by atoms with Gasteiger partial charge in [0.2, 0.25) is 0 Å². The summed E-state index contributed by atoms with van der Waals surface area (Å²) in [5, 5.41) is 0.768. The van der Waals surface area contributed by atoms with Crippen LogP contribution in [0.2, 0.25) is 5.02 Å². The Morgan fingerprint density at radius 3 is 2.26 bits per heavy atom. The van der Waals surface area contributed by atoms with Crippen LogP contribution in [0.15, 0.2) is 73.1 Å². The van der Waals surface area contributed by atoms with E-state index in [-0.39, 0.29) is 5.91 Å². The van der Waals surface area contributed by atoms with Crippen molar-refractivity contribution in [2.45, 2.75) is 6.54 Å². The molecular weight excluding hydrogens is 358 g/mol. The summed E-state index contributed by atoms with van der Waals surface area (Å²) >= 11 is 6.07. The van der Waals surface area contributed by atoms with Gasteiger partial charge in [0.15, 0.2) is 0 Å². The highest BCUT2D eigenvalue weighted by atomic mass is 35.5. The zero-order chi connectivity index (χ0) is 18.6. The first-order chi connectivity index (χ1) is 13.2. The molecule has 1 aromatic heterocycles. The van der Waals surface area contributed by atoms with Crippen LogP contribution in [0.5, 0.6) is 0 Å². The molecule has 1 aliphatic rings. The lowest BCUT2D eigenvalue weighted by Crippen LogP contribution is -2.48. The molecule has 0 bridgehead atoms. The SMILES string of the molecule is O=C(c1ccc(-n2cccc2)cc1)N1CCN(Cc2cccc(Cl)c2)CC1. The standard InChI is InChI=1S/C22H22ClN3O/c23-20-5-3-4-18(16-20)17-24-12-14-26(15-13-24)22(27)19-6-8-21(9-7-19)25-10-1-2-11-25/h1-11,16H,12-15,17H2. The Kier molecular flexibility index (Phi) is 5.28. The van der Waals surface area contributed by atoms with Gasteiger partial charge in [0, 0.05) is 61.4 Å². The van der Waals surface area contributed by atoms with Crippen molar-refractivity contribution in [3.8, 4) is 5.69 Å². The van der Waals surface area contributed by atoms with Crippen molar-refractivity contribution < 1.29 is 4.79 Å². The Morgan fingerprint density at radius 1 is 0.889 bits per heavy atom. The minimum atomic E-state index is 0.108. The van der Waals surface area contributed by atoms with Crippen LogP contribution >= 0.6 is 11.6 Å². The first-order valence-electron chi connectivity index (χ1n) is 9.18. The average Bonchev–Trinajstić information content (AvgIpc) is 3.23. The Morgan fingerprint density at radius 2 is 1.59 bits per heavy atom. The third-order valence-electron chi connectivity index (χ3n) is 4.97. The monoisotopic (exact) mass is 379 g/mol. The third kappa shape index (κ3) is 4.24. The molecule has 1 amide bonds. The number of amides is 1. The van der Waals surface area contributed by atoms with Gasteiger partial charge in [-0.25, -0.2) is 0 Å². The van der Waals surface area contributed by atoms with Crippen LogP contribution in [0.25, 0.3) is 5.69 Å². The van der Waals surface area contributed by atoms with Crippen molar-refractivity contribution >= 4 is 17.5 Å². The Balaban J connectivity index is 1.34. The lowest BCUT2D eigenvalue weighted by atomic mass is 10.1. The fourth-order valence-electron chi connectivity index (χ4n) is 3.47. The Bertz CT molecular complexity index is 898. The summed E-state index contributed by atoms with van der Waals surface area (Å²) in [6, 6.07) is 19.8. The molecule has 1 fully saturated rings. The largest absolute Gasteiger partial charge is 0.336 e. The summed E-state index contributed by atoms with van der Waals surface area (Å²) in [6.45, 7) is 4.12. The van der Waals surface area contributed by atoms with E-state index in [1.807, 2.05) is 76.5 Å². The van der Waals surface area contributed by atoms with Crippen molar-refractivity contribution in [2.75, 3.05) is 26.2 Å². The maximum absolute atomic E-state index is 12.8. The minimum Gasteiger partial charge on any atom is -0.336 e. The second kappa shape index (κ2) is 7.99. The fourth-order valence-corrected chi connectivity index (χ4v) is 3.68. The number of piperazine rings is 1. The van der Waals surface area contributed by atoms with Gasteiger partial charge in [0.1, 0.15) is 0 Å². The van der Waals surface area contributed by atoms with Crippen molar-refractivity contribution in [2.24, 2.45) is 0 Å². The summed E-state index contributed by atoms with van der Waals surface area (Å²) in [6.07, 6.45) is 3.99. The molecule has 0 atom stereocenters. The quantitative estimate of drug-likeness (QED) is 0.683. The number of nitrogens with zero attached hydrogens (tertiary/aromatic N) is 3. The molecule has 4 nitrogen and oxygen atoms in total. The number of hydrogen-bond donors (Lipinski definition) is 0. The highest BCUT2D eigenvalue weighted by Crippen LogP contribution is 2.16. The molecule has 3 aromatic rings. The first-order valence-corrected chi connectivity index (χ1v) is 9.56. The van der Waals surface area contributed by atoms with E-state index in [1.165, 1.54) is 5.56 Å². The molecule has 0 saturated carbocycles. The molecule has 1 aliphatic heterocycles. The third-order valence-corrected chi connectivity index (χ3v) is 5.21. The number of halogens is 1. The first kappa shape index (κ1) is 17.8. The fraction of sp³-hybridized carbons (Fsp3) is 0.227. The highest BCUT2D eigenvalue weighted by Gasteiger charge is 2.22. The number of benzene rings is 2. The van der Waals surface area contributed by atoms with Crippen LogP contribution in [0, 0.1) is 0 Å². The molecule has 27 heavy (non-hydrogen) atoms. The minimum absolute atomic E-state index is 0.108. The van der Waals surface area contributed by atoms with Crippen LogP contribution in [0.3, 0.4) is 0 Å². The molecule has 138 valence electrons. The van der Waals surface area contributed by atoms with E-state index >= 15 is 0 Å². The van der Waals surface area contributed by atoms with E-state index in [0.29, 0.717) is 0 Å². The van der Waals surface area contributed by atoms with Crippen molar-refractivity contribution in [3.05, 3.63) is 89.2 Å². The Hall–Kier alpha value is -2.56. The van der Waals surface area contributed by atoms with Gasteiger partial charge >= 0.3 is 0 Å². The van der Waals surface area contributed by atoms with Gasteiger partial charge < -0.3 is 9.47 Å². The Labute approximate surface area is 164 Å². The lowest BCUT2D eigenvalue weighted by molar-refractivity contribution is 0.0628. The molecule has 0 radical (unpaired) electrons. The predicted molar refractivity (Wildman–Crippen MR) is 108 cm³/mol. The van der Waals surface area contributed by atoms with E-state index in [0.717, 1.165) is 49.0 Å². The van der Waals surface area contributed by atoms with Gasteiger partial charge in [-0.05, 0) is 54.1 Å². The second-order valence-corrected chi connectivity index (χ2v) is 7.27. The van der Waals surface area contributed by atoms with Crippen LogP contribution in [-0.2, 0) is 6.54 Å². The molecule has 0 spiro atoms. The number of carbonyl (C=O) groups is 1. The lowest BCUT2D eigenvalue weighted by Gasteiger charge is -2.34. The smallest absolute Gasteiger partial charge is 0.253 e. The predicted octanol–water partition coefficient (Wildman–Crippen LogP) is 4.09. The summed E-state index contributed by atoms with van der Waals surface area (Å²) in [5.74, 6) is 0.108. The van der Waals surface area contributed by atoms with E-state index in [2.05, 4.69) is 11.0 Å². The zero-order valence-electron chi connectivity index (χ0n) is 15.1. The normalized spacial score (nSPS) is 15.1. The molecule has 4 rings (SSSR count). The maximum Gasteiger partial charge on any atom is 0.253 e. The van der Waals surface area contributed by atoms with Crippen molar-refractivity contribution in [3.63, 3.8) is 0 Å². The number of aromatic nitrogens is 1. The van der Waals surface area contributed by atoms with Gasteiger partial charge in [-0.2, -0.15) is 0 Å². The van der Waals surface area contributed by atoms with E-state index < -0.39 is 0 Å². The molecule has 1 saturated heterocycles. The van der Waals surface area contributed by atoms with Gasteiger partial charge in [0.05, 0.1) is 0 Å². The van der Waals surface area contributed by atoms with Crippen molar-refractivity contribution in [1.29, 1.82) is 0 Å². The van der Waals surface area contributed by atoms with Gasteiger partial charge in [-0.3, -0.25) is 9.69 Å². The van der Waals surface area contributed by atoms with E-state index in [4.69, 9.17) is 11.6 Å². The molecule has 2 aromatic carbocycles. The summed E-state index contributed by atoms with van der Waals surface area (Å²) < 4.78 is 2.03. The second-order valence-electron chi connectivity index (χ2n) is 6.84. The van der Waals surface area contributed by atoms with Crippen molar-refractivity contribution in [1.82, 2.24) is 14.4 Å². The molecule has 0 unspecified atom stereocenters. The topological polar surface area (TPSA) is 28.5 Å². The summed E-state index contributed by atoms with van der Waals surface area (Å²) in [7, 11) is 0. The molecular formula is C22H22ClN3O. The maximum atomic E-state index is 12.8. The van der Waals surface area contributed by atoms with E-state index in [9.17, 15) is 4.79 Å². The molecule has 5 heteroatoms. The number of carbonyl (C=O) groups excluding carboxylic acids is 1. The number of rotatable bonds is 4. The summed E-state index contributed by atoms with van der Waals surface area (Å²) in [5.41, 5.74) is 3.01. The van der Waals surface area contributed by atoms with Crippen LogP contribution in [0.4, 0.5) is 0 Å². The van der Waals surface area contributed by atoms with Crippen LogP contribution < -0.4 is 0 Å². The average molecular weight is 380 g/mol.